The molecule has 0 amide bonds. The van der Waals surface area contributed by atoms with E-state index in [2.05, 4.69) is 5.32 Å². The van der Waals surface area contributed by atoms with E-state index < -0.39 is 45.5 Å². The molecule has 1 unspecified atom stereocenters. The van der Waals surface area contributed by atoms with Gasteiger partial charge in [0.1, 0.15) is 10.7 Å². The Labute approximate surface area is 188 Å². The summed E-state index contributed by atoms with van der Waals surface area (Å²) in [5.41, 5.74) is -0.145. The molecule has 32 heavy (non-hydrogen) atoms. The molecule has 0 aliphatic heterocycles. The van der Waals surface area contributed by atoms with Crippen molar-refractivity contribution in [3.05, 3.63) is 46.9 Å². The summed E-state index contributed by atoms with van der Waals surface area (Å²) >= 11 is 6.00. The zero-order chi connectivity index (χ0) is 23.9. The molecule has 1 atom stereocenters. The first-order valence-electron chi connectivity index (χ1n) is 9.18. The Morgan fingerprint density at radius 1 is 1.25 bits per heavy atom. The number of sulfonamides is 1. The molecule has 1 aromatic carbocycles. The van der Waals surface area contributed by atoms with Gasteiger partial charge in [-0.3, -0.25) is 0 Å². The summed E-state index contributed by atoms with van der Waals surface area (Å²) in [5, 5.41) is 7.78. The van der Waals surface area contributed by atoms with E-state index in [1.54, 1.807) is 19.1 Å². The van der Waals surface area contributed by atoms with Crippen LogP contribution in [0.25, 0.3) is 0 Å². The van der Waals surface area contributed by atoms with Crippen molar-refractivity contribution in [2.45, 2.75) is 31.4 Å². The Balaban J connectivity index is 2.17. The lowest BCUT2D eigenvalue weighted by molar-refractivity contribution is -0.167. The molecule has 0 aliphatic rings. The standard InChI is InChI=1S/C19H21ClN2O9S/c1-3-28-18(24)11(2)31-17(23)10-30-19(25)13-7-16(32(21,26)27)14(20)8-15(13)22-9-12-5-4-6-29-12/h4-8,11,22H,3,9-10H2,1-2H3,(H2,21,26,27). The molecular weight excluding hydrogens is 468 g/mol. The molecule has 0 saturated heterocycles. The van der Waals surface area contributed by atoms with Crippen LogP contribution in [0.5, 0.6) is 0 Å². The predicted molar refractivity (Wildman–Crippen MR) is 111 cm³/mol. The molecule has 2 rings (SSSR count). The molecule has 0 aliphatic carbocycles. The minimum atomic E-state index is -4.26. The quantitative estimate of drug-likeness (QED) is 0.372. The van der Waals surface area contributed by atoms with Crippen molar-refractivity contribution in [2.75, 3.05) is 18.5 Å². The van der Waals surface area contributed by atoms with Crippen LogP contribution in [0.4, 0.5) is 5.69 Å². The van der Waals surface area contributed by atoms with Gasteiger partial charge in [-0.05, 0) is 38.1 Å². The second-order valence-electron chi connectivity index (χ2n) is 6.27. The van der Waals surface area contributed by atoms with Gasteiger partial charge in [0, 0.05) is 0 Å². The largest absolute Gasteiger partial charge is 0.467 e. The number of halogens is 1. The molecule has 11 nitrogen and oxygen atoms in total. The lowest BCUT2D eigenvalue weighted by atomic mass is 10.1. The first-order chi connectivity index (χ1) is 15.0. The van der Waals surface area contributed by atoms with Crippen molar-refractivity contribution in [3.63, 3.8) is 0 Å². The summed E-state index contributed by atoms with van der Waals surface area (Å²) in [6.07, 6.45) is 0.253. The van der Waals surface area contributed by atoms with E-state index >= 15 is 0 Å². The molecule has 3 N–H and O–H groups in total. The molecule has 13 heteroatoms. The normalized spacial score (nSPS) is 12.0. The Kier molecular flexibility index (Phi) is 8.63. The van der Waals surface area contributed by atoms with Gasteiger partial charge in [-0.25, -0.2) is 27.9 Å². The summed E-state index contributed by atoms with van der Waals surface area (Å²) in [5.74, 6) is -2.31. The molecule has 0 fully saturated rings. The van der Waals surface area contributed by atoms with Crippen LogP contribution < -0.4 is 10.5 Å². The summed E-state index contributed by atoms with van der Waals surface area (Å²) in [6, 6.07) is 5.44. The summed E-state index contributed by atoms with van der Waals surface area (Å²) in [7, 11) is -4.26. The highest BCUT2D eigenvalue weighted by molar-refractivity contribution is 7.89. The van der Waals surface area contributed by atoms with Crippen molar-refractivity contribution >= 4 is 45.2 Å². The maximum absolute atomic E-state index is 12.6. The van der Waals surface area contributed by atoms with Crippen LogP contribution in [-0.4, -0.2) is 45.6 Å². The van der Waals surface area contributed by atoms with Crippen LogP contribution in [0.15, 0.2) is 39.8 Å². The zero-order valence-corrected chi connectivity index (χ0v) is 18.7. The fourth-order valence-corrected chi connectivity index (χ4v) is 3.52. The van der Waals surface area contributed by atoms with Gasteiger partial charge in [0.05, 0.1) is 35.7 Å². The number of rotatable bonds is 10. The Morgan fingerprint density at radius 2 is 1.97 bits per heavy atom. The Morgan fingerprint density at radius 3 is 2.56 bits per heavy atom. The first kappa shape index (κ1) is 25.2. The molecule has 0 bridgehead atoms. The lowest BCUT2D eigenvalue weighted by Gasteiger charge is -2.14. The van der Waals surface area contributed by atoms with Crippen molar-refractivity contribution in [1.82, 2.24) is 0 Å². The number of anilines is 1. The fraction of sp³-hybridized carbons (Fsp3) is 0.316. The summed E-state index contributed by atoms with van der Waals surface area (Å²) in [6.45, 7) is 2.29. The van der Waals surface area contributed by atoms with Crippen LogP contribution in [0.3, 0.4) is 0 Å². The van der Waals surface area contributed by atoms with E-state index in [0.717, 1.165) is 6.07 Å². The van der Waals surface area contributed by atoms with Crippen LogP contribution in [0, 0.1) is 0 Å². The lowest BCUT2D eigenvalue weighted by Crippen LogP contribution is -2.28. The smallest absolute Gasteiger partial charge is 0.347 e. The number of carbonyl (C=O) groups excluding carboxylic acids is 3. The van der Waals surface area contributed by atoms with Gasteiger partial charge in [-0.1, -0.05) is 11.6 Å². The zero-order valence-electron chi connectivity index (χ0n) is 17.1. The molecule has 1 aromatic heterocycles. The van der Waals surface area contributed by atoms with Gasteiger partial charge < -0.3 is 23.9 Å². The number of nitrogens with two attached hydrogens (primary N) is 1. The first-order valence-corrected chi connectivity index (χ1v) is 11.1. The molecule has 0 radical (unpaired) electrons. The van der Waals surface area contributed by atoms with Crippen molar-refractivity contribution in [2.24, 2.45) is 5.14 Å². The second kappa shape index (κ2) is 11.0. The minimum absolute atomic E-state index is 0.104. The van der Waals surface area contributed by atoms with E-state index in [-0.39, 0.29) is 29.4 Å². The van der Waals surface area contributed by atoms with Crippen molar-refractivity contribution in [3.8, 4) is 0 Å². The number of esters is 3. The maximum atomic E-state index is 12.6. The number of nitrogens with one attached hydrogen (secondary N) is 1. The molecule has 1 heterocycles. The van der Waals surface area contributed by atoms with Crippen LogP contribution in [0.2, 0.25) is 5.02 Å². The van der Waals surface area contributed by atoms with Gasteiger partial charge in [0.2, 0.25) is 10.0 Å². The van der Waals surface area contributed by atoms with Gasteiger partial charge in [-0.2, -0.15) is 0 Å². The number of primary sulfonamides is 1. The number of benzene rings is 1. The molecule has 174 valence electrons. The SMILES string of the molecule is CCOC(=O)C(C)OC(=O)COC(=O)c1cc(S(N)(=O)=O)c(Cl)cc1NCc1ccco1. The van der Waals surface area contributed by atoms with E-state index in [0.29, 0.717) is 5.76 Å². The third-order valence-corrected chi connectivity index (χ3v) is 5.26. The summed E-state index contributed by atoms with van der Waals surface area (Å²) in [4.78, 5) is 35.5. The van der Waals surface area contributed by atoms with Crippen LogP contribution in [-0.2, 0) is 40.4 Å². The number of carbonyl (C=O) groups is 3. The van der Waals surface area contributed by atoms with E-state index in [4.69, 9.17) is 35.4 Å². The molecule has 0 saturated carbocycles. The minimum Gasteiger partial charge on any atom is -0.467 e. The number of hydrogen-bond acceptors (Lipinski definition) is 10. The van der Waals surface area contributed by atoms with Gasteiger partial charge in [-0.15, -0.1) is 0 Å². The topological polar surface area (TPSA) is 164 Å². The average molecular weight is 489 g/mol. The Bertz CT molecular complexity index is 1080. The van der Waals surface area contributed by atoms with Crippen molar-refractivity contribution < 1.29 is 41.4 Å². The molecular formula is C19H21ClN2O9S. The monoisotopic (exact) mass is 488 g/mol. The molecule has 2 aromatic rings. The van der Waals surface area contributed by atoms with Gasteiger partial charge in [0.15, 0.2) is 12.7 Å². The molecule has 0 spiro atoms. The summed E-state index contributed by atoms with van der Waals surface area (Å²) < 4.78 is 43.2. The highest BCUT2D eigenvalue weighted by Crippen LogP contribution is 2.29. The van der Waals surface area contributed by atoms with E-state index in [1.165, 1.54) is 19.3 Å². The van der Waals surface area contributed by atoms with E-state index in [1.807, 2.05) is 0 Å². The number of ether oxygens (including phenoxy) is 3. The highest BCUT2D eigenvalue weighted by Gasteiger charge is 2.24. The fourth-order valence-electron chi connectivity index (χ4n) is 2.42. The third kappa shape index (κ3) is 6.97. The van der Waals surface area contributed by atoms with Gasteiger partial charge >= 0.3 is 17.9 Å². The maximum Gasteiger partial charge on any atom is 0.347 e. The van der Waals surface area contributed by atoms with Crippen LogP contribution in [0.1, 0.15) is 30.0 Å². The average Bonchev–Trinajstić information content (AvgIpc) is 3.23. The highest BCUT2D eigenvalue weighted by atomic mass is 35.5. The third-order valence-electron chi connectivity index (χ3n) is 3.88. The number of furan rings is 1. The van der Waals surface area contributed by atoms with Crippen LogP contribution >= 0.6 is 11.6 Å². The predicted octanol–water partition coefficient (Wildman–Crippen LogP) is 1.84. The van der Waals surface area contributed by atoms with Gasteiger partial charge in [0.25, 0.3) is 0 Å². The van der Waals surface area contributed by atoms with Crippen molar-refractivity contribution in [1.29, 1.82) is 0 Å². The number of hydrogen-bond donors (Lipinski definition) is 2. The van der Waals surface area contributed by atoms with E-state index in [9.17, 15) is 22.8 Å². The Hall–Kier alpha value is -3.09. The second-order valence-corrected chi connectivity index (χ2v) is 8.20.